The molecule has 2 rings (SSSR count). The molecule has 1 aromatic heterocycles. The number of amides is 1. The van der Waals surface area contributed by atoms with Crippen molar-refractivity contribution in [1.29, 1.82) is 0 Å². The zero-order valence-corrected chi connectivity index (χ0v) is 14.6. The summed E-state index contributed by atoms with van der Waals surface area (Å²) in [6.45, 7) is 4.74. The van der Waals surface area contributed by atoms with Crippen molar-refractivity contribution in [3.05, 3.63) is 42.7 Å². The van der Waals surface area contributed by atoms with Crippen molar-refractivity contribution < 1.29 is 18.3 Å². The SMILES string of the molecule is C=CCn1c(C)nnc1SC(C)C(=O)Nc1ccccc1OC(F)F. The van der Waals surface area contributed by atoms with Crippen LogP contribution < -0.4 is 10.1 Å². The first-order valence-electron chi connectivity index (χ1n) is 7.44. The molecule has 0 radical (unpaired) electrons. The minimum absolute atomic E-state index is 0.0891. The van der Waals surface area contributed by atoms with E-state index >= 15 is 0 Å². The number of nitrogens with one attached hydrogen (secondary N) is 1. The van der Waals surface area contributed by atoms with E-state index in [0.29, 0.717) is 17.5 Å². The van der Waals surface area contributed by atoms with E-state index in [4.69, 9.17) is 0 Å². The van der Waals surface area contributed by atoms with Crippen LogP contribution in [0.4, 0.5) is 14.5 Å². The Morgan fingerprint density at radius 2 is 2.16 bits per heavy atom. The lowest BCUT2D eigenvalue weighted by Crippen LogP contribution is -2.23. The van der Waals surface area contributed by atoms with Crippen molar-refractivity contribution in [3.63, 3.8) is 0 Å². The van der Waals surface area contributed by atoms with Gasteiger partial charge in [0.1, 0.15) is 11.6 Å². The van der Waals surface area contributed by atoms with Crippen LogP contribution in [0.1, 0.15) is 12.7 Å². The summed E-state index contributed by atoms with van der Waals surface area (Å²) >= 11 is 1.22. The smallest absolute Gasteiger partial charge is 0.387 e. The molecule has 1 amide bonds. The van der Waals surface area contributed by atoms with Crippen molar-refractivity contribution in [2.45, 2.75) is 37.4 Å². The molecule has 6 nitrogen and oxygen atoms in total. The monoisotopic (exact) mass is 368 g/mol. The van der Waals surface area contributed by atoms with E-state index in [2.05, 4.69) is 26.8 Å². The Hall–Kier alpha value is -2.42. The zero-order valence-electron chi connectivity index (χ0n) is 13.8. The number of thioether (sulfide) groups is 1. The second-order valence-electron chi connectivity index (χ2n) is 5.05. The molecule has 0 aliphatic rings. The van der Waals surface area contributed by atoms with Gasteiger partial charge in [-0.1, -0.05) is 30.0 Å². The van der Waals surface area contributed by atoms with Gasteiger partial charge < -0.3 is 14.6 Å². The normalized spacial score (nSPS) is 12.0. The van der Waals surface area contributed by atoms with Gasteiger partial charge in [-0.3, -0.25) is 4.79 Å². The molecule has 0 saturated carbocycles. The predicted molar refractivity (Wildman–Crippen MR) is 92.0 cm³/mol. The number of alkyl halides is 2. The third kappa shape index (κ3) is 5.02. The Bertz CT molecular complexity index is 751. The lowest BCUT2D eigenvalue weighted by molar-refractivity contribution is -0.115. The van der Waals surface area contributed by atoms with Gasteiger partial charge in [0.05, 0.1) is 10.9 Å². The maximum Gasteiger partial charge on any atom is 0.387 e. The van der Waals surface area contributed by atoms with E-state index in [0.717, 1.165) is 0 Å². The molecule has 9 heteroatoms. The van der Waals surface area contributed by atoms with Crippen LogP contribution in [0.25, 0.3) is 0 Å². The third-order valence-electron chi connectivity index (χ3n) is 3.23. The molecule has 0 bridgehead atoms. The number of rotatable bonds is 8. The fourth-order valence-corrected chi connectivity index (χ4v) is 2.91. The first-order valence-corrected chi connectivity index (χ1v) is 8.32. The molecule has 0 spiro atoms. The maximum absolute atomic E-state index is 12.4. The van der Waals surface area contributed by atoms with Gasteiger partial charge >= 0.3 is 6.61 Å². The highest BCUT2D eigenvalue weighted by Gasteiger charge is 2.20. The van der Waals surface area contributed by atoms with Gasteiger partial charge in [0, 0.05) is 6.54 Å². The summed E-state index contributed by atoms with van der Waals surface area (Å²) in [5, 5.41) is 10.7. The molecule has 1 heterocycles. The van der Waals surface area contributed by atoms with Crippen molar-refractivity contribution in [2.75, 3.05) is 5.32 Å². The fraction of sp³-hybridized carbons (Fsp3) is 0.312. The summed E-state index contributed by atoms with van der Waals surface area (Å²) in [5.41, 5.74) is 0.184. The Morgan fingerprint density at radius 1 is 1.44 bits per heavy atom. The highest BCUT2D eigenvalue weighted by atomic mass is 32.2. The fourth-order valence-electron chi connectivity index (χ4n) is 2.00. The van der Waals surface area contributed by atoms with Gasteiger partial charge in [0.2, 0.25) is 5.91 Å². The average molecular weight is 368 g/mol. The zero-order chi connectivity index (χ0) is 18.4. The van der Waals surface area contributed by atoms with Crippen molar-refractivity contribution in [2.24, 2.45) is 0 Å². The number of hydrogen-bond acceptors (Lipinski definition) is 5. The molecule has 1 unspecified atom stereocenters. The highest BCUT2D eigenvalue weighted by Crippen LogP contribution is 2.28. The molecule has 1 aromatic carbocycles. The molecular formula is C16H18F2N4O2S. The summed E-state index contributed by atoms with van der Waals surface area (Å²) < 4.78 is 31.1. The highest BCUT2D eigenvalue weighted by molar-refractivity contribution is 8.00. The largest absolute Gasteiger partial charge is 0.433 e. The van der Waals surface area contributed by atoms with E-state index in [-0.39, 0.29) is 17.3 Å². The van der Waals surface area contributed by atoms with E-state index in [1.165, 1.54) is 23.9 Å². The van der Waals surface area contributed by atoms with Crippen LogP contribution in [0.2, 0.25) is 0 Å². The van der Waals surface area contributed by atoms with Gasteiger partial charge in [0.15, 0.2) is 5.16 Å². The number of allylic oxidation sites excluding steroid dienone is 1. The molecule has 25 heavy (non-hydrogen) atoms. The topological polar surface area (TPSA) is 69.0 Å². The number of benzene rings is 1. The first kappa shape index (κ1) is 18.9. The number of nitrogens with zero attached hydrogens (tertiary/aromatic N) is 3. The van der Waals surface area contributed by atoms with Crippen LogP contribution in [0.15, 0.2) is 42.1 Å². The van der Waals surface area contributed by atoms with Gasteiger partial charge in [-0.15, -0.1) is 16.8 Å². The average Bonchev–Trinajstić information content (AvgIpc) is 2.89. The van der Waals surface area contributed by atoms with Gasteiger partial charge in [0.25, 0.3) is 0 Å². The number of aryl methyl sites for hydroxylation is 1. The van der Waals surface area contributed by atoms with Crippen molar-refractivity contribution >= 4 is 23.4 Å². The molecule has 2 aromatic rings. The van der Waals surface area contributed by atoms with E-state index in [1.807, 2.05) is 11.5 Å². The Labute approximate surface area is 148 Å². The second-order valence-corrected chi connectivity index (χ2v) is 6.36. The molecule has 134 valence electrons. The number of ether oxygens (including phenoxy) is 1. The van der Waals surface area contributed by atoms with Gasteiger partial charge in [-0.05, 0) is 26.0 Å². The summed E-state index contributed by atoms with van der Waals surface area (Å²) in [5.74, 6) is 0.264. The van der Waals surface area contributed by atoms with Crippen LogP contribution in [-0.2, 0) is 11.3 Å². The maximum atomic E-state index is 12.4. The molecule has 1 N–H and O–H groups in total. The van der Waals surface area contributed by atoms with Crippen LogP contribution in [0, 0.1) is 6.92 Å². The third-order valence-corrected chi connectivity index (χ3v) is 4.31. The molecular weight excluding hydrogens is 350 g/mol. The Morgan fingerprint density at radius 3 is 2.84 bits per heavy atom. The van der Waals surface area contributed by atoms with Gasteiger partial charge in [-0.25, -0.2) is 0 Å². The summed E-state index contributed by atoms with van der Waals surface area (Å²) in [4.78, 5) is 12.4. The first-order chi connectivity index (χ1) is 11.9. The number of halogens is 2. The van der Waals surface area contributed by atoms with Crippen molar-refractivity contribution in [3.8, 4) is 5.75 Å². The minimum Gasteiger partial charge on any atom is -0.433 e. The molecule has 0 aliphatic carbocycles. The van der Waals surface area contributed by atoms with Crippen LogP contribution >= 0.6 is 11.8 Å². The lowest BCUT2D eigenvalue weighted by atomic mass is 10.3. The molecule has 0 aliphatic heterocycles. The lowest BCUT2D eigenvalue weighted by Gasteiger charge is -2.15. The number of aromatic nitrogens is 3. The number of anilines is 1. The van der Waals surface area contributed by atoms with E-state index < -0.39 is 11.9 Å². The molecule has 1 atom stereocenters. The Balaban J connectivity index is 2.08. The van der Waals surface area contributed by atoms with Crippen LogP contribution in [-0.4, -0.2) is 32.5 Å². The number of para-hydroxylation sites is 2. The van der Waals surface area contributed by atoms with Gasteiger partial charge in [-0.2, -0.15) is 8.78 Å². The quantitative estimate of drug-likeness (QED) is 0.571. The summed E-state index contributed by atoms with van der Waals surface area (Å²) in [6, 6.07) is 6.03. The number of carbonyl (C=O) groups is 1. The van der Waals surface area contributed by atoms with E-state index in [1.54, 1.807) is 25.1 Å². The standard InChI is InChI=1S/C16H18F2N4O2S/c1-4-9-22-11(3)20-21-16(22)25-10(2)14(23)19-12-7-5-6-8-13(12)24-15(17)18/h4-8,10,15H,1,9H2,2-3H3,(H,19,23). The van der Waals surface area contributed by atoms with Crippen LogP contribution in [0.3, 0.4) is 0 Å². The van der Waals surface area contributed by atoms with Crippen molar-refractivity contribution in [1.82, 2.24) is 14.8 Å². The molecule has 0 saturated heterocycles. The minimum atomic E-state index is -2.97. The number of hydrogen-bond donors (Lipinski definition) is 1. The second kappa shape index (κ2) is 8.61. The molecule has 0 fully saturated rings. The summed E-state index contributed by atoms with van der Waals surface area (Å²) in [6.07, 6.45) is 1.71. The number of carbonyl (C=O) groups excluding carboxylic acids is 1. The van der Waals surface area contributed by atoms with Crippen LogP contribution in [0.5, 0.6) is 5.75 Å². The Kier molecular flexibility index (Phi) is 6.51. The predicted octanol–water partition coefficient (Wildman–Crippen LogP) is 3.49. The summed E-state index contributed by atoms with van der Waals surface area (Å²) in [7, 11) is 0. The van der Waals surface area contributed by atoms with E-state index in [9.17, 15) is 13.6 Å².